The molecular formula is C14H16BrN3. The van der Waals surface area contributed by atoms with E-state index in [0.29, 0.717) is 0 Å². The van der Waals surface area contributed by atoms with E-state index in [2.05, 4.69) is 45.3 Å². The van der Waals surface area contributed by atoms with Crippen LogP contribution in [0.5, 0.6) is 0 Å². The van der Waals surface area contributed by atoms with Crippen LogP contribution < -0.4 is 11.1 Å². The van der Waals surface area contributed by atoms with Gasteiger partial charge in [-0.3, -0.25) is 0 Å². The third kappa shape index (κ3) is 3.23. The van der Waals surface area contributed by atoms with E-state index in [4.69, 9.17) is 5.73 Å². The SMILES string of the molecule is Cc1ccnc(NCCc2ccc(N)cc2)c1Br. The van der Waals surface area contributed by atoms with Crippen LogP contribution in [0.4, 0.5) is 11.5 Å². The molecule has 0 spiro atoms. The Morgan fingerprint density at radius 1 is 1.22 bits per heavy atom. The zero-order chi connectivity index (χ0) is 13.0. The summed E-state index contributed by atoms with van der Waals surface area (Å²) in [5.74, 6) is 0.894. The molecule has 0 saturated carbocycles. The Morgan fingerprint density at radius 2 is 1.94 bits per heavy atom. The Labute approximate surface area is 116 Å². The lowest BCUT2D eigenvalue weighted by atomic mass is 10.1. The second kappa shape index (κ2) is 5.87. The highest BCUT2D eigenvalue weighted by atomic mass is 79.9. The molecular weight excluding hydrogens is 290 g/mol. The molecule has 1 aromatic heterocycles. The summed E-state index contributed by atoms with van der Waals surface area (Å²) < 4.78 is 1.03. The first-order chi connectivity index (χ1) is 8.66. The maximum atomic E-state index is 5.65. The predicted molar refractivity (Wildman–Crippen MR) is 79.7 cm³/mol. The highest BCUT2D eigenvalue weighted by molar-refractivity contribution is 9.10. The number of nitrogens with one attached hydrogen (secondary N) is 1. The van der Waals surface area contributed by atoms with Crippen molar-refractivity contribution in [1.29, 1.82) is 0 Å². The predicted octanol–water partition coefficient (Wildman–Crippen LogP) is 3.39. The molecule has 1 aromatic carbocycles. The molecule has 0 atom stereocenters. The van der Waals surface area contributed by atoms with Gasteiger partial charge < -0.3 is 11.1 Å². The fraction of sp³-hybridized carbons (Fsp3) is 0.214. The van der Waals surface area contributed by atoms with Gasteiger partial charge in [-0.2, -0.15) is 0 Å². The van der Waals surface area contributed by atoms with Gasteiger partial charge in [-0.25, -0.2) is 4.98 Å². The zero-order valence-corrected chi connectivity index (χ0v) is 11.9. The van der Waals surface area contributed by atoms with Crippen molar-refractivity contribution in [2.45, 2.75) is 13.3 Å². The number of rotatable bonds is 4. The van der Waals surface area contributed by atoms with E-state index in [1.807, 2.05) is 24.4 Å². The van der Waals surface area contributed by atoms with Gasteiger partial charge in [0.2, 0.25) is 0 Å². The largest absolute Gasteiger partial charge is 0.399 e. The van der Waals surface area contributed by atoms with Crippen molar-refractivity contribution in [3.8, 4) is 0 Å². The van der Waals surface area contributed by atoms with Crippen LogP contribution >= 0.6 is 15.9 Å². The minimum Gasteiger partial charge on any atom is -0.399 e. The number of hydrogen-bond acceptors (Lipinski definition) is 3. The molecule has 94 valence electrons. The number of halogens is 1. The molecule has 0 fully saturated rings. The number of nitrogens with zero attached hydrogens (tertiary/aromatic N) is 1. The van der Waals surface area contributed by atoms with Crippen molar-refractivity contribution in [3.63, 3.8) is 0 Å². The fourth-order valence-electron chi connectivity index (χ4n) is 1.67. The first-order valence-electron chi connectivity index (χ1n) is 5.86. The molecule has 3 nitrogen and oxygen atoms in total. The lowest BCUT2D eigenvalue weighted by Gasteiger charge is -2.09. The van der Waals surface area contributed by atoms with E-state index < -0.39 is 0 Å². The highest BCUT2D eigenvalue weighted by Gasteiger charge is 2.02. The fourth-order valence-corrected chi connectivity index (χ4v) is 2.05. The summed E-state index contributed by atoms with van der Waals surface area (Å²) in [6.07, 6.45) is 2.76. The summed E-state index contributed by atoms with van der Waals surface area (Å²) in [6.45, 7) is 2.90. The average molecular weight is 306 g/mol. The molecule has 2 rings (SSSR count). The topological polar surface area (TPSA) is 50.9 Å². The summed E-state index contributed by atoms with van der Waals surface area (Å²) in [5.41, 5.74) is 8.90. The number of nitrogens with two attached hydrogens (primary N) is 1. The number of hydrogen-bond donors (Lipinski definition) is 2. The molecule has 1 heterocycles. The first-order valence-corrected chi connectivity index (χ1v) is 6.65. The number of pyridine rings is 1. The number of anilines is 2. The molecule has 0 aliphatic carbocycles. The maximum absolute atomic E-state index is 5.65. The van der Waals surface area contributed by atoms with Crippen LogP contribution in [0.2, 0.25) is 0 Å². The Morgan fingerprint density at radius 3 is 2.67 bits per heavy atom. The van der Waals surface area contributed by atoms with E-state index in [-0.39, 0.29) is 0 Å². The van der Waals surface area contributed by atoms with E-state index in [9.17, 15) is 0 Å². The van der Waals surface area contributed by atoms with Crippen molar-refractivity contribution in [3.05, 3.63) is 52.1 Å². The van der Waals surface area contributed by atoms with Crippen molar-refractivity contribution >= 4 is 27.4 Å². The van der Waals surface area contributed by atoms with E-state index in [1.165, 1.54) is 11.1 Å². The van der Waals surface area contributed by atoms with Crippen LogP contribution in [-0.4, -0.2) is 11.5 Å². The van der Waals surface area contributed by atoms with Crippen molar-refractivity contribution in [1.82, 2.24) is 4.98 Å². The molecule has 0 aliphatic rings. The Kier molecular flexibility index (Phi) is 4.20. The third-order valence-corrected chi connectivity index (χ3v) is 3.77. The summed E-state index contributed by atoms with van der Waals surface area (Å²) in [4.78, 5) is 4.31. The summed E-state index contributed by atoms with van der Waals surface area (Å²) in [7, 11) is 0. The standard InChI is InChI=1S/C14H16BrN3/c1-10-6-8-17-14(13(10)15)18-9-7-11-2-4-12(16)5-3-11/h2-6,8H,7,9,16H2,1H3,(H,17,18). The van der Waals surface area contributed by atoms with Crippen molar-refractivity contribution in [2.75, 3.05) is 17.6 Å². The second-order valence-electron chi connectivity index (χ2n) is 4.21. The van der Waals surface area contributed by atoms with Gasteiger partial charge in [-0.15, -0.1) is 0 Å². The Hall–Kier alpha value is -1.55. The molecule has 0 amide bonds. The highest BCUT2D eigenvalue weighted by Crippen LogP contribution is 2.23. The minimum absolute atomic E-state index is 0.801. The molecule has 0 saturated heterocycles. The van der Waals surface area contributed by atoms with Crippen molar-refractivity contribution in [2.24, 2.45) is 0 Å². The van der Waals surface area contributed by atoms with Gasteiger partial charge in [0, 0.05) is 18.4 Å². The second-order valence-corrected chi connectivity index (χ2v) is 5.00. The van der Waals surface area contributed by atoms with Crippen LogP contribution in [-0.2, 0) is 6.42 Å². The normalized spacial score (nSPS) is 10.3. The van der Waals surface area contributed by atoms with Crippen LogP contribution in [0.15, 0.2) is 41.0 Å². The Bertz CT molecular complexity index is 523. The summed E-state index contributed by atoms with van der Waals surface area (Å²) in [5, 5.41) is 3.33. The molecule has 0 unspecified atom stereocenters. The van der Waals surface area contributed by atoms with E-state index in [1.54, 1.807) is 0 Å². The molecule has 0 aliphatic heterocycles. The molecule has 18 heavy (non-hydrogen) atoms. The molecule has 2 aromatic rings. The van der Waals surface area contributed by atoms with Crippen LogP contribution in [0.25, 0.3) is 0 Å². The summed E-state index contributed by atoms with van der Waals surface area (Å²) in [6, 6.07) is 9.94. The van der Waals surface area contributed by atoms with Gasteiger partial charge in [0.25, 0.3) is 0 Å². The smallest absolute Gasteiger partial charge is 0.140 e. The third-order valence-electron chi connectivity index (χ3n) is 2.77. The molecule has 3 N–H and O–H groups in total. The Balaban J connectivity index is 1.92. The molecule has 0 bridgehead atoms. The van der Waals surface area contributed by atoms with Crippen molar-refractivity contribution < 1.29 is 0 Å². The van der Waals surface area contributed by atoms with Gasteiger partial charge in [0.15, 0.2) is 0 Å². The van der Waals surface area contributed by atoms with Gasteiger partial charge in [-0.1, -0.05) is 12.1 Å². The number of aromatic nitrogens is 1. The van der Waals surface area contributed by atoms with Crippen LogP contribution in [0.1, 0.15) is 11.1 Å². The van der Waals surface area contributed by atoms with E-state index in [0.717, 1.165) is 28.9 Å². The lowest BCUT2D eigenvalue weighted by Crippen LogP contribution is -2.07. The molecule has 4 heteroatoms. The van der Waals surface area contributed by atoms with Crippen LogP contribution in [0, 0.1) is 6.92 Å². The number of aryl methyl sites for hydroxylation is 1. The number of benzene rings is 1. The zero-order valence-electron chi connectivity index (χ0n) is 10.3. The first kappa shape index (κ1) is 12.9. The minimum atomic E-state index is 0.801. The van der Waals surface area contributed by atoms with Gasteiger partial charge in [-0.05, 0) is 58.6 Å². The number of nitrogen functional groups attached to an aromatic ring is 1. The van der Waals surface area contributed by atoms with Gasteiger partial charge in [0.1, 0.15) is 5.82 Å². The summed E-state index contributed by atoms with van der Waals surface area (Å²) >= 11 is 3.53. The van der Waals surface area contributed by atoms with Crippen LogP contribution in [0.3, 0.4) is 0 Å². The molecule has 0 radical (unpaired) electrons. The van der Waals surface area contributed by atoms with Gasteiger partial charge in [0.05, 0.1) is 4.47 Å². The lowest BCUT2D eigenvalue weighted by molar-refractivity contribution is 1.00. The maximum Gasteiger partial charge on any atom is 0.140 e. The average Bonchev–Trinajstić information content (AvgIpc) is 2.37. The van der Waals surface area contributed by atoms with E-state index >= 15 is 0 Å². The quantitative estimate of drug-likeness (QED) is 0.851. The van der Waals surface area contributed by atoms with Gasteiger partial charge >= 0.3 is 0 Å². The monoisotopic (exact) mass is 305 g/mol.